The lowest BCUT2D eigenvalue weighted by Crippen LogP contribution is -2.12. The smallest absolute Gasteiger partial charge is 0.225 e. The fraction of sp³-hybridized carbons (Fsp3) is 0.500. The van der Waals surface area contributed by atoms with Crippen molar-refractivity contribution in [2.75, 3.05) is 0 Å². The van der Waals surface area contributed by atoms with Gasteiger partial charge in [0.05, 0.1) is 4.90 Å². The van der Waals surface area contributed by atoms with Crippen LogP contribution in [-0.2, 0) is 10.0 Å². The number of hydrogen-bond donors (Lipinski definition) is 1. The number of sulfonamides is 1. The molecule has 0 aliphatic heterocycles. The normalized spacial score (nSPS) is 13.7. The maximum Gasteiger partial charge on any atom is 0.238 e. The van der Waals surface area contributed by atoms with Gasteiger partial charge in [0.15, 0.2) is 0 Å². The molecule has 0 amide bonds. The Morgan fingerprint density at radius 3 is 2.12 bits per heavy atom. The monoisotopic (exact) mass is 241 g/mol. The first kappa shape index (κ1) is 13.2. The van der Waals surface area contributed by atoms with Crippen molar-refractivity contribution in [3.63, 3.8) is 0 Å². The molecule has 0 saturated heterocycles. The molecule has 1 aromatic carbocycles. The average molecular weight is 241 g/mol. The molecular weight excluding hydrogens is 222 g/mol. The zero-order chi connectivity index (χ0) is 12.2. The number of hydrogen-bond acceptors (Lipinski definition) is 2. The molecule has 4 heteroatoms. The van der Waals surface area contributed by atoms with Gasteiger partial charge in [0.1, 0.15) is 0 Å². The second-order valence-electron chi connectivity index (χ2n) is 4.01. The summed E-state index contributed by atoms with van der Waals surface area (Å²) in [7, 11) is -3.56. The van der Waals surface area contributed by atoms with Gasteiger partial charge in [0.25, 0.3) is 0 Å². The summed E-state index contributed by atoms with van der Waals surface area (Å²) in [6.07, 6.45) is 3.34. The van der Waals surface area contributed by atoms with Crippen molar-refractivity contribution in [2.24, 2.45) is 5.14 Å². The van der Waals surface area contributed by atoms with Gasteiger partial charge in [-0.15, -0.1) is 0 Å². The van der Waals surface area contributed by atoms with Crippen molar-refractivity contribution in [3.8, 4) is 0 Å². The van der Waals surface area contributed by atoms with E-state index in [0.717, 1.165) is 19.3 Å². The summed E-state index contributed by atoms with van der Waals surface area (Å²) < 4.78 is 22.2. The number of benzene rings is 1. The minimum atomic E-state index is -3.56. The third kappa shape index (κ3) is 3.32. The van der Waals surface area contributed by atoms with Crippen molar-refractivity contribution >= 4 is 10.0 Å². The highest BCUT2D eigenvalue weighted by Crippen LogP contribution is 2.25. The topological polar surface area (TPSA) is 60.2 Å². The summed E-state index contributed by atoms with van der Waals surface area (Å²) in [6.45, 7) is 4.30. The molecule has 1 aromatic rings. The van der Waals surface area contributed by atoms with Crippen LogP contribution in [0.1, 0.15) is 44.6 Å². The summed E-state index contributed by atoms with van der Waals surface area (Å²) in [4.78, 5) is 0.183. The van der Waals surface area contributed by atoms with Crippen molar-refractivity contribution in [3.05, 3.63) is 29.8 Å². The molecule has 0 fully saturated rings. The molecule has 0 bridgehead atoms. The van der Waals surface area contributed by atoms with E-state index in [1.54, 1.807) is 12.1 Å². The third-order valence-corrected chi connectivity index (χ3v) is 3.74. The quantitative estimate of drug-likeness (QED) is 0.861. The zero-order valence-electron chi connectivity index (χ0n) is 9.81. The first-order chi connectivity index (χ1) is 7.49. The highest BCUT2D eigenvalue weighted by atomic mass is 32.2. The Hall–Kier alpha value is -0.870. The Morgan fingerprint density at radius 1 is 1.19 bits per heavy atom. The van der Waals surface area contributed by atoms with Crippen molar-refractivity contribution < 1.29 is 8.42 Å². The zero-order valence-corrected chi connectivity index (χ0v) is 10.6. The van der Waals surface area contributed by atoms with Gasteiger partial charge in [-0.1, -0.05) is 32.4 Å². The van der Waals surface area contributed by atoms with Crippen LogP contribution in [0.25, 0.3) is 0 Å². The van der Waals surface area contributed by atoms with Gasteiger partial charge in [0, 0.05) is 0 Å². The van der Waals surface area contributed by atoms with Gasteiger partial charge in [0.2, 0.25) is 10.0 Å². The molecule has 1 atom stereocenters. The molecule has 16 heavy (non-hydrogen) atoms. The lowest BCUT2D eigenvalue weighted by atomic mass is 9.92. The van der Waals surface area contributed by atoms with E-state index in [1.165, 1.54) is 5.56 Å². The number of rotatable bonds is 5. The van der Waals surface area contributed by atoms with Gasteiger partial charge >= 0.3 is 0 Å². The average Bonchev–Trinajstić information content (AvgIpc) is 2.25. The Kier molecular flexibility index (Phi) is 4.50. The second kappa shape index (κ2) is 5.46. The SMILES string of the molecule is CCCC(CC)c1ccc(S(N)(=O)=O)cc1. The molecule has 0 saturated carbocycles. The van der Waals surface area contributed by atoms with Gasteiger partial charge in [-0.25, -0.2) is 13.6 Å². The van der Waals surface area contributed by atoms with E-state index in [2.05, 4.69) is 13.8 Å². The Bertz CT molecular complexity index is 423. The van der Waals surface area contributed by atoms with Crippen LogP contribution < -0.4 is 5.14 Å². The minimum absolute atomic E-state index is 0.183. The first-order valence-electron chi connectivity index (χ1n) is 5.61. The van der Waals surface area contributed by atoms with Crippen molar-refractivity contribution in [2.45, 2.75) is 43.9 Å². The Morgan fingerprint density at radius 2 is 1.75 bits per heavy atom. The highest BCUT2D eigenvalue weighted by Gasteiger charge is 2.11. The fourth-order valence-corrected chi connectivity index (χ4v) is 2.40. The first-order valence-corrected chi connectivity index (χ1v) is 7.16. The van der Waals surface area contributed by atoms with E-state index in [0.29, 0.717) is 5.92 Å². The largest absolute Gasteiger partial charge is 0.238 e. The molecule has 0 aliphatic carbocycles. The van der Waals surface area contributed by atoms with Gasteiger partial charge < -0.3 is 0 Å². The van der Waals surface area contributed by atoms with Crippen LogP contribution in [0.4, 0.5) is 0 Å². The van der Waals surface area contributed by atoms with Gasteiger partial charge in [-0.3, -0.25) is 0 Å². The Balaban J connectivity index is 2.93. The van der Waals surface area contributed by atoms with E-state index >= 15 is 0 Å². The third-order valence-electron chi connectivity index (χ3n) is 2.81. The van der Waals surface area contributed by atoms with Crippen molar-refractivity contribution in [1.82, 2.24) is 0 Å². The predicted molar refractivity (Wildman–Crippen MR) is 65.8 cm³/mol. The standard InChI is InChI=1S/C12H19NO2S/c1-3-5-10(4-2)11-6-8-12(9-7-11)16(13,14)15/h6-10H,3-5H2,1-2H3,(H2,13,14,15). The summed E-state index contributed by atoms with van der Waals surface area (Å²) in [5.41, 5.74) is 1.19. The molecule has 0 radical (unpaired) electrons. The summed E-state index contributed by atoms with van der Waals surface area (Å²) >= 11 is 0. The van der Waals surface area contributed by atoms with Crippen LogP contribution in [0.3, 0.4) is 0 Å². The van der Waals surface area contributed by atoms with Crippen LogP contribution in [0, 0.1) is 0 Å². The maximum absolute atomic E-state index is 11.1. The van der Waals surface area contributed by atoms with E-state index in [-0.39, 0.29) is 4.90 Å². The second-order valence-corrected chi connectivity index (χ2v) is 5.57. The molecule has 2 N–H and O–H groups in total. The fourth-order valence-electron chi connectivity index (χ4n) is 1.88. The van der Waals surface area contributed by atoms with Crippen LogP contribution in [0.15, 0.2) is 29.2 Å². The molecule has 90 valence electrons. The van der Waals surface area contributed by atoms with Crippen LogP contribution in [0.2, 0.25) is 0 Å². The van der Waals surface area contributed by atoms with E-state index in [9.17, 15) is 8.42 Å². The van der Waals surface area contributed by atoms with Gasteiger partial charge in [-0.05, 0) is 36.5 Å². The summed E-state index contributed by atoms with van der Waals surface area (Å²) in [5.74, 6) is 0.513. The van der Waals surface area contributed by atoms with Crippen LogP contribution >= 0.6 is 0 Å². The molecule has 0 aromatic heterocycles. The lowest BCUT2D eigenvalue weighted by molar-refractivity contribution is 0.592. The molecule has 3 nitrogen and oxygen atoms in total. The molecule has 1 rings (SSSR count). The summed E-state index contributed by atoms with van der Waals surface area (Å²) in [6, 6.07) is 6.90. The summed E-state index contributed by atoms with van der Waals surface area (Å²) in [5, 5.41) is 5.05. The van der Waals surface area contributed by atoms with Gasteiger partial charge in [-0.2, -0.15) is 0 Å². The van der Waals surface area contributed by atoms with E-state index in [4.69, 9.17) is 5.14 Å². The van der Waals surface area contributed by atoms with E-state index in [1.807, 2.05) is 12.1 Å². The van der Waals surface area contributed by atoms with E-state index < -0.39 is 10.0 Å². The van der Waals surface area contributed by atoms with Crippen molar-refractivity contribution in [1.29, 1.82) is 0 Å². The molecule has 1 unspecified atom stereocenters. The maximum atomic E-state index is 11.1. The molecule has 0 heterocycles. The number of primary sulfonamides is 1. The minimum Gasteiger partial charge on any atom is -0.225 e. The predicted octanol–water partition coefficient (Wildman–Crippen LogP) is 2.63. The number of nitrogens with two attached hydrogens (primary N) is 1. The van der Waals surface area contributed by atoms with Crippen LogP contribution in [-0.4, -0.2) is 8.42 Å². The molecule has 0 aliphatic rings. The van der Waals surface area contributed by atoms with Crippen LogP contribution in [0.5, 0.6) is 0 Å². The molecular formula is C12H19NO2S. The Labute approximate surface area is 97.7 Å². The molecule has 0 spiro atoms. The lowest BCUT2D eigenvalue weighted by Gasteiger charge is -2.14. The highest BCUT2D eigenvalue weighted by molar-refractivity contribution is 7.89.